The number of anilines is 1. The summed E-state index contributed by atoms with van der Waals surface area (Å²) in [6.07, 6.45) is 1.09. The van der Waals surface area contributed by atoms with E-state index in [1.165, 1.54) is 11.3 Å². The number of nitrogens with zero attached hydrogens (tertiary/aromatic N) is 3. The van der Waals surface area contributed by atoms with Crippen LogP contribution in [0.2, 0.25) is 0 Å². The SMILES string of the molecule is Cc1nc(C(C)C)nn1-c1ccc2c(c1)CCN2. The lowest BCUT2D eigenvalue weighted by molar-refractivity contribution is 0.751. The van der Waals surface area contributed by atoms with E-state index >= 15 is 0 Å². The first kappa shape index (κ1) is 11.3. The van der Waals surface area contributed by atoms with E-state index in [1.54, 1.807) is 0 Å². The molecular weight excluding hydrogens is 224 g/mol. The lowest BCUT2D eigenvalue weighted by Crippen LogP contribution is -2.00. The highest BCUT2D eigenvalue weighted by Gasteiger charge is 2.14. The molecule has 18 heavy (non-hydrogen) atoms. The molecule has 0 aliphatic carbocycles. The Bertz CT molecular complexity index is 583. The number of fused-ring (bicyclic) bond motifs is 1. The molecule has 0 atom stereocenters. The van der Waals surface area contributed by atoms with Gasteiger partial charge in [0.05, 0.1) is 5.69 Å². The van der Waals surface area contributed by atoms with Crippen LogP contribution in [0.3, 0.4) is 0 Å². The lowest BCUT2D eigenvalue weighted by atomic mass is 10.1. The maximum absolute atomic E-state index is 4.59. The number of hydrogen-bond donors (Lipinski definition) is 1. The van der Waals surface area contributed by atoms with E-state index < -0.39 is 0 Å². The van der Waals surface area contributed by atoms with Crippen LogP contribution < -0.4 is 5.32 Å². The van der Waals surface area contributed by atoms with Crippen molar-refractivity contribution in [3.63, 3.8) is 0 Å². The summed E-state index contributed by atoms with van der Waals surface area (Å²) in [6, 6.07) is 6.44. The topological polar surface area (TPSA) is 42.7 Å². The molecule has 0 saturated heterocycles. The van der Waals surface area contributed by atoms with E-state index in [9.17, 15) is 0 Å². The van der Waals surface area contributed by atoms with Gasteiger partial charge in [-0.25, -0.2) is 9.67 Å². The van der Waals surface area contributed by atoms with Crippen LogP contribution in [0.15, 0.2) is 18.2 Å². The highest BCUT2D eigenvalue weighted by atomic mass is 15.3. The van der Waals surface area contributed by atoms with Crippen molar-refractivity contribution >= 4 is 5.69 Å². The summed E-state index contributed by atoms with van der Waals surface area (Å²) >= 11 is 0. The molecule has 1 aromatic carbocycles. The molecule has 0 saturated carbocycles. The first-order valence-electron chi connectivity index (χ1n) is 6.46. The van der Waals surface area contributed by atoms with Gasteiger partial charge in [-0.05, 0) is 37.1 Å². The minimum atomic E-state index is 0.362. The number of hydrogen-bond acceptors (Lipinski definition) is 3. The van der Waals surface area contributed by atoms with E-state index in [2.05, 4.69) is 47.4 Å². The molecule has 1 aliphatic heterocycles. The van der Waals surface area contributed by atoms with Crippen molar-refractivity contribution < 1.29 is 0 Å². The summed E-state index contributed by atoms with van der Waals surface area (Å²) in [5, 5.41) is 7.96. The second-order valence-corrected chi connectivity index (χ2v) is 5.10. The number of nitrogens with one attached hydrogen (secondary N) is 1. The van der Waals surface area contributed by atoms with Crippen molar-refractivity contribution in [1.82, 2.24) is 14.8 Å². The van der Waals surface area contributed by atoms with Crippen molar-refractivity contribution in [2.75, 3.05) is 11.9 Å². The van der Waals surface area contributed by atoms with Gasteiger partial charge in [0.2, 0.25) is 0 Å². The molecule has 0 amide bonds. The minimum Gasteiger partial charge on any atom is -0.384 e. The molecule has 0 fully saturated rings. The van der Waals surface area contributed by atoms with E-state index in [0.29, 0.717) is 5.92 Å². The van der Waals surface area contributed by atoms with E-state index in [4.69, 9.17) is 0 Å². The fraction of sp³-hybridized carbons (Fsp3) is 0.429. The Morgan fingerprint density at radius 2 is 2.17 bits per heavy atom. The monoisotopic (exact) mass is 242 g/mol. The maximum atomic E-state index is 4.59. The molecule has 1 aromatic heterocycles. The highest BCUT2D eigenvalue weighted by Crippen LogP contribution is 2.25. The first-order valence-corrected chi connectivity index (χ1v) is 6.46. The molecular formula is C14H18N4. The zero-order valence-electron chi connectivity index (χ0n) is 11.1. The lowest BCUT2D eigenvalue weighted by Gasteiger charge is -2.06. The van der Waals surface area contributed by atoms with Crippen molar-refractivity contribution in [3.8, 4) is 5.69 Å². The smallest absolute Gasteiger partial charge is 0.153 e. The highest BCUT2D eigenvalue weighted by molar-refractivity contribution is 5.59. The van der Waals surface area contributed by atoms with Gasteiger partial charge >= 0.3 is 0 Å². The van der Waals surface area contributed by atoms with Gasteiger partial charge in [0.1, 0.15) is 5.82 Å². The Kier molecular flexibility index (Phi) is 2.58. The van der Waals surface area contributed by atoms with Gasteiger partial charge in [0.15, 0.2) is 5.82 Å². The Morgan fingerprint density at radius 3 is 2.89 bits per heavy atom. The van der Waals surface area contributed by atoms with E-state index in [0.717, 1.165) is 30.3 Å². The van der Waals surface area contributed by atoms with Gasteiger partial charge in [-0.15, -0.1) is 0 Å². The number of rotatable bonds is 2. The summed E-state index contributed by atoms with van der Waals surface area (Å²) in [5.74, 6) is 2.22. The van der Waals surface area contributed by atoms with Gasteiger partial charge in [0.25, 0.3) is 0 Å². The summed E-state index contributed by atoms with van der Waals surface area (Å²) in [5.41, 5.74) is 3.73. The van der Waals surface area contributed by atoms with Gasteiger partial charge < -0.3 is 5.32 Å². The largest absolute Gasteiger partial charge is 0.384 e. The minimum absolute atomic E-state index is 0.362. The fourth-order valence-electron chi connectivity index (χ4n) is 2.32. The quantitative estimate of drug-likeness (QED) is 0.880. The molecule has 0 radical (unpaired) electrons. The van der Waals surface area contributed by atoms with Gasteiger partial charge in [-0.1, -0.05) is 13.8 Å². The zero-order chi connectivity index (χ0) is 12.7. The molecule has 0 bridgehead atoms. The fourth-order valence-corrected chi connectivity index (χ4v) is 2.32. The van der Waals surface area contributed by atoms with E-state index in [1.807, 2.05) is 11.6 Å². The molecule has 94 valence electrons. The van der Waals surface area contributed by atoms with Crippen LogP contribution >= 0.6 is 0 Å². The summed E-state index contributed by atoms with van der Waals surface area (Å²) in [4.78, 5) is 4.52. The van der Waals surface area contributed by atoms with Crippen LogP contribution in [0.1, 0.15) is 37.0 Å². The van der Waals surface area contributed by atoms with Crippen LogP contribution in [0.5, 0.6) is 0 Å². The molecule has 1 aliphatic rings. The van der Waals surface area contributed by atoms with Crippen molar-refractivity contribution in [1.29, 1.82) is 0 Å². The molecule has 2 heterocycles. The van der Waals surface area contributed by atoms with Crippen LogP contribution in [0.4, 0.5) is 5.69 Å². The van der Waals surface area contributed by atoms with Crippen LogP contribution in [0, 0.1) is 6.92 Å². The first-order chi connectivity index (χ1) is 8.65. The molecule has 0 unspecified atom stereocenters. The van der Waals surface area contributed by atoms with Gasteiger partial charge in [-0.3, -0.25) is 0 Å². The van der Waals surface area contributed by atoms with E-state index in [-0.39, 0.29) is 0 Å². The molecule has 1 N–H and O–H groups in total. The zero-order valence-corrected chi connectivity index (χ0v) is 11.1. The molecule has 0 spiro atoms. The second-order valence-electron chi connectivity index (χ2n) is 5.10. The van der Waals surface area contributed by atoms with Crippen LogP contribution in [0.25, 0.3) is 5.69 Å². The maximum Gasteiger partial charge on any atom is 0.153 e. The molecule has 2 aromatic rings. The third-order valence-corrected chi connectivity index (χ3v) is 3.34. The average Bonchev–Trinajstić information content (AvgIpc) is 2.93. The standard InChI is InChI=1S/C14H18N4/c1-9(2)14-16-10(3)18(17-14)12-4-5-13-11(8-12)6-7-15-13/h4-5,8-9,15H,6-7H2,1-3H3. The average molecular weight is 242 g/mol. The molecule has 3 rings (SSSR count). The van der Waals surface area contributed by atoms with Crippen molar-refractivity contribution in [3.05, 3.63) is 35.4 Å². The predicted molar refractivity (Wildman–Crippen MR) is 72.4 cm³/mol. The van der Waals surface area contributed by atoms with Crippen LogP contribution in [-0.2, 0) is 6.42 Å². The Labute approximate surface area is 107 Å². The van der Waals surface area contributed by atoms with Gasteiger partial charge in [0, 0.05) is 18.2 Å². The predicted octanol–water partition coefficient (Wildman–Crippen LogP) is 2.67. The summed E-state index contributed by atoms with van der Waals surface area (Å²) < 4.78 is 1.94. The number of aromatic nitrogens is 3. The Hall–Kier alpha value is -1.84. The third-order valence-electron chi connectivity index (χ3n) is 3.34. The van der Waals surface area contributed by atoms with Crippen LogP contribution in [-0.4, -0.2) is 21.3 Å². The third kappa shape index (κ3) is 1.78. The molecule has 4 nitrogen and oxygen atoms in total. The van der Waals surface area contributed by atoms with Crippen molar-refractivity contribution in [2.45, 2.75) is 33.1 Å². The Balaban J connectivity index is 2.04. The van der Waals surface area contributed by atoms with Gasteiger partial charge in [-0.2, -0.15) is 5.10 Å². The Morgan fingerprint density at radius 1 is 1.33 bits per heavy atom. The normalized spacial score (nSPS) is 13.8. The summed E-state index contributed by atoms with van der Waals surface area (Å²) in [6.45, 7) is 7.27. The summed E-state index contributed by atoms with van der Waals surface area (Å²) in [7, 11) is 0. The molecule has 4 heteroatoms. The number of aryl methyl sites for hydroxylation is 1. The number of benzene rings is 1. The second kappa shape index (κ2) is 4.12. The van der Waals surface area contributed by atoms with Crippen molar-refractivity contribution in [2.24, 2.45) is 0 Å².